The van der Waals surface area contributed by atoms with E-state index in [4.69, 9.17) is 5.26 Å². The van der Waals surface area contributed by atoms with Crippen LogP contribution in [0.2, 0.25) is 0 Å². The van der Waals surface area contributed by atoms with Crippen molar-refractivity contribution in [2.45, 2.75) is 6.18 Å². The zero-order chi connectivity index (χ0) is 13.8. The Kier molecular flexibility index (Phi) is 4.55. The molecule has 1 aromatic carbocycles. The second-order valence-electron chi connectivity index (χ2n) is 3.12. The van der Waals surface area contributed by atoms with E-state index in [1.54, 1.807) is 12.1 Å². The van der Waals surface area contributed by atoms with Crippen LogP contribution in [0.15, 0.2) is 22.7 Å². The van der Waals surface area contributed by atoms with Gasteiger partial charge in [0.1, 0.15) is 6.07 Å². The van der Waals surface area contributed by atoms with Crippen LogP contribution in [0.4, 0.5) is 23.7 Å². The number of nitrogens with zero attached hydrogens (tertiary/aromatic N) is 1. The first-order valence-corrected chi connectivity index (χ1v) is 5.31. The first-order chi connectivity index (χ1) is 8.31. The summed E-state index contributed by atoms with van der Waals surface area (Å²) in [6, 6.07) is 6.14. The maximum atomic E-state index is 11.8. The van der Waals surface area contributed by atoms with Crippen molar-refractivity contribution >= 4 is 27.7 Å². The Morgan fingerprint density at radius 1 is 1.50 bits per heavy atom. The molecule has 0 unspecified atom stereocenters. The lowest BCUT2D eigenvalue weighted by molar-refractivity contribution is -0.159. The van der Waals surface area contributed by atoms with E-state index in [-0.39, 0.29) is 11.3 Å². The van der Waals surface area contributed by atoms with Crippen molar-refractivity contribution in [2.75, 3.05) is 11.9 Å². The second kappa shape index (κ2) is 5.73. The van der Waals surface area contributed by atoms with E-state index in [0.29, 0.717) is 4.47 Å². The Morgan fingerprint density at radius 2 is 2.17 bits per heavy atom. The zero-order valence-electron chi connectivity index (χ0n) is 8.71. The number of benzene rings is 1. The van der Waals surface area contributed by atoms with Crippen molar-refractivity contribution in [3.05, 3.63) is 28.2 Å². The summed E-state index contributed by atoms with van der Waals surface area (Å²) >= 11 is 3.10. The fraction of sp³-hybridized carbons (Fsp3) is 0.200. The van der Waals surface area contributed by atoms with Crippen LogP contribution in [0, 0.1) is 11.3 Å². The van der Waals surface area contributed by atoms with Crippen LogP contribution in [0.25, 0.3) is 0 Å². The van der Waals surface area contributed by atoms with E-state index in [2.05, 4.69) is 26.0 Å². The van der Waals surface area contributed by atoms with Gasteiger partial charge in [-0.1, -0.05) is 15.9 Å². The number of nitrogens with one attached hydrogen (secondary N) is 1. The van der Waals surface area contributed by atoms with Crippen LogP contribution < -0.4 is 5.32 Å². The molecule has 96 valence electrons. The summed E-state index contributed by atoms with van der Waals surface area (Å²) in [6.07, 6.45) is -5.87. The number of carbonyl (C=O) groups excluding carboxylic acids is 1. The molecule has 0 spiro atoms. The number of nitriles is 1. The minimum Gasteiger partial charge on any atom is -0.440 e. The highest BCUT2D eigenvalue weighted by molar-refractivity contribution is 9.10. The van der Waals surface area contributed by atoms with Crippen LogP contribution in [0.5, 0.6) is 0 Å². The number of carbonyl (C=O) groups is 1. The van der Waals surface area contributed by atoms with Gasteiger partial charge in [-0.25, -0.2) is 4.79 Å². The van der Waals surface area contributed by atoms with Gasteiger partial charge in [0.2, 0.25) is 0 Å². The molecule has 1 N–H and O–H groups in total. The summed E-state index contributed by atoms with van der Waals surface area (Å²) in [6.45, 7) is -1.69. The van der Waals surface area contributed by atoms with Crippen molar-refractivity contribution in [1.29, 1.82) is 5.26 Å². The van der Waals surface area contributed by atoms with Crippen LogP contribution >= 0.6 is 15.9 Å². The highest BCUT2D eigenvalue weighted by Gasteiger charge is 2.29. The molecule has 0 saturated carbocycles. The van der Waals surface area contributed by atoms with Crippen LogP contribution in [-0.2, 0) is 4.74 Å². The van der Waals surface area contributed by atoms with Gasteiger partial charge < -0.3 is 4.74 Å². The fourth-order valence-electron chi connectivity index (χ4n) is 1.01. The maximum absolute atomic E-state index is 11.8. The van der Waals surface area contributed by atoms with Crippen molar-refractivity contribution in [2.24, 2.45) is 0 Å². The SMILES string of the molecule is N#Cc1ccc(Br)cc1NC(=O)OCC(F)(F)F. The zero-order valence-corrected chi connectivity index (χ0v) is 10.3. The lowest BCUT2D eigenvalue weighted by Gasteiger charge is -2.10. The molecule has 0 heterocycles. The maximum Gasteiger partial charge on any atom is 0.422 e. The minimum atomic E-state index is -4.59. The molecular formula is C10H6BrF3N2O2. The first kappa shape index (κ1) is 14.3. The first-order valence-electron chi connectivity index (χ1n) is 4.52. The summed E-state index contributed by atoms with van der Waals surface area (Å²) in [5, 5.41) is 10.8. The molecule has 0 aliphatic carbocycles. The van der Waals surface area contributed by atoms with Crippen molar-refractivity contribution < 1.29 is 22.7 Å². The third-order valence-corrected chi connectivity index (χ3v) is 2.20. The third kappa shape index (κ3) is 4.63. The number of halogens is 4. The molecule has 0 aliphatic heterocycles. The predicted octanol–water partition coefficient (Wildman–Crippen LogP) is 3.43. The Hall–Kier alpha value is -1.75. The molecule has 8 heteroatoms. The quantitative estimate of drug-likeness (QED) is 0.907. The van der Waals surface area contributed by atoms with Gasteiger partial charge in [-0.3, -0.25) is 5.32 Å². The minimum absolute atomic E-state index is 0.0686. The van der Waals surface area contributed by atoms with Gasteiger partial charge in [-0.2, -0.15) is 18.4 Å². The van der Waals surface area contributed by atoms with Gasteiger partial charge in [-0.05, 0) is 18.2 Å². The smallest absolute Gasteiger partial charge is 0.422 e. The Balaban J connectivity index is 2.70. The molecule has 1 amide bonds. The third-order valence-electron chi connectivity index (χ3n) is 1.71. The lowest BCUT2D eigenvalue weighted by Crippen LogP contribution is -2.23. The normalized spacial score (nSPS) is 10.6. The summed E-state index contributed by atoms with van der Waals surface area (Å²) in [5.41, 5.74) is 0.182. The van der Waals surface area contributed by atoms with Crippen molar-refractivity contribution in [3.8, 4) is 6.07 Å². The van der Waals surface area contributed by atoms with Gasteiger partial charge in [0.15, 0.2) is 6.61 Å². The molecular weight excluding hydrogens is 317 g/mol. The van der Waals surface area contributed by atoms with E-state index in [1.807, 2.05) is 0 Å². The second-order valence-corrected chi connectivity index (χ2v) is 4.03. The standard InChI is InChI=1S/C10H6BrF3N2O2/c11-7-2-1-6(4-15)8(3-7)16-9(17)18-5-10(12,13)14/h1-3H,5H2,(H,16,17). The molecule has 18 heavy (non-hydrogen) atoms. The predicted molar refractivity (Wildman–Crippen MR) is 59.9 cm³/mol. The molecule has 1 aromatic rings. The van der Waals surface area contributed by atoms with Gasteiger partial charge in [0.25, 0.3) is 0 Å². The van der Waals surface area contributed by atoms with Crippen LogP contribution in [0.3, 0.4) is 0 Å². The molecule has 0 radical (unpaired) electrons. The molecule has 0 aromatic heterocycles. The number of rotatable bonds is 2. The molecule has 0 aliphatic rings. The average molecular weight is 323 g/mol. The lowest BCUT2D eigenvalue weighted by atomic mass is 10.2. The molecule has 4 nitrogen and oxygen atoms in total. The number of anilines is 1. The summed E-state index contributed by atoms with van der Waals surface area (Å²) in [5.74, 6) is 0. The van der Waals surface area contributed by atoms with E-state index < -0.39 is 18.9 Å². The highest BCUT2D eigenvalue weighted by Crippen LogP contribution is 2.21. The number of ether oxygens (including phenoxy) is 1. The van der Waals surface area contributed by atoms with Gasteiger partial charge in [-0.15, -0.1) is 0 Å². The summed E-state index contributed by atoms with van der Waals surface area (Å²) < 4.78 is 39.9. The van der Waals surface area contributed by atoms with Gasteiger partial charge >= 0.3 is 12.3 Å². The van der Waals surface area contributed by atoms with Crippen molar-refractivity contribution in [3.63, 3.8) is 0 Å². The number of hydrogen-bond donors (Lipinski definition) is 1. The summed E-state index contributed by atoms with van der Waals surface area (Å²) in [4.78, 5) is 11.1. The van der Waals surface area contributed by atoms with E-state index in [0.717, 1.165) is 0 Å². The van der Waals surface area contributed by atoms with Crippen LogP contribution in [0.1, 0.15) is 5.56 Å². The Bertz CT molecular complexity index is 497. The van der Waals surface area contributed by atoms with E-state index in [9.17, 15) is 18.0 Å². The van der Waals surface area contributed by atoms with E-state index >= 15 is 0 Å². The molecule has 0 atom stereocenters. The fourth-order valence-corrected chi connectivity index (χ4v) is 1.37. The Morgan fingerprint density at radius 3 is 2.72 bits per heavy atom. The topological polar surface area (TPSA) is 62.1 Å². The van der Waals surface area contributed by atoms with Gasteiger partial charge in [0.05, 0.1) is 11.3 Å². The average Bonchev–Trinajstić information content (AvgIpc) is 2.26. The largest absolute Gasteiger partial charge is 0.440 e. The van der Waals surface area contributed by atoms with E-state index in [1.165, 1.54) is 12.1 Å². The number of alkyl halides is 3. The van der Waals surface area contributed by atoms with Gasteiger partial charge in [0, 0.05) is 4.47 Å². The summed E-state index contributed by atoms with van der Waals surface area (Å²) in [7, 11) is 0. The molecule has 1 rings (SSSR count). The molecule has 0 fully saturated rings. The molecule has 0 saturated heterocycles. The monoisotopic (exact) mass is 322 g/mol. The van der Waals surface area contributed by atoms with Crippen molar-refractivity contribution in [1.82, 2.24) is 0 Å². The Labute approximate surface area is 108 Å². The number of hydrogen-bond acceptors (Lipinski definition) is 3. The van der Waals surface area contributed by atoms with Crippen LogP contribution in [-0.4, -0.2) is 18.9 Å². The molecule has 0 bridgehead atoms. The highest BCUT2D eigenvalue weighted by atomic mass is 79.9. The number of amides is 1.